The van der Waals surface area contributed by atoms with Gasteiger partial charge in [0.2, 0.25) is 0 Å². The van der Waals surface area contributed by atoms with Crippen molar-refractivity contribution >= 4 is 6.09 Å². The molecule has 0 aromatic heterocycles. The molecule has 1 fully saturated rings. The minimum Gasteiger partial charge on any atom is -0.442 e. The molecule has 2 atom stereocenters. The van der Waals surface area contributed by atoms with Crippen LogP contribution >= 0.6 is 0 Å². The second-order valence-electron chi connectivity index (χ2n) is 4.08. The lowest BCUT2D eigenvalue weighted by atomic mass is 10.0. The van der Waals surface area contributed by atoms with Gasteiger partial charge in [0, 0.05) is 0 Å². The fourth-order valence-electron chi connectivity index (χ4n) is 1.89. The maximum absolute atomic E-state index is 10.9. The van der Waals surface area contributed by atoms with Crippen molar-refractivity contribution in [3.63, 3.8) is 0 Å². The lowest BCUT2D eigenvalue weighted by Crippen LogP contribution is -2.33. The van der Waals surface area contributed by atoms with E-state index in [4.69, 9.17) is 9.84 Å². The van der Waals surface area contributed by atoms with E-state index in [1.807, 2.05) is 0 Å². The van der Waals surface area contributed by atoms with E-state index in [0.29, 0.717) is 0 Å². The summed E-state index contributed by atoms with van der Waals surface area (Å²) in [6.07, 6.45) is 6.21. The molecule has 1 rings (SSSR count). The number of hydrogen-bond donors (Lipinski definition) is 2. The van der Waals surface area contributed by atoms with E-state index in [1.54, 1.807) is 0 Å². The summed E-state index contributed by atoms with van der Waals surface area (Å²) < 4.78 is 4.90. The normalized spacial score (nSPS) is 25.1. The molecule has 0 aromatic carbocycles. The van der Waals surface area contributed by atoms with Gasteiger partial charge in [-0.3, -0.25) is 0 Å². The minimum absolute atomic E-state index is 0.00382. The maximum Gasteiger partial charge on any atom is 0.407 e. The third-order valence-electron chi connectivity index (χ3n) is 2.81. The Morgan fingerprint density at radius 3 is 2.73 bits per heavy atom. The third kappa shape index (κ3) is 4.08. The predicted molar refractivity (Wildman–Crippen MR) is 57.7 cm³/mol. The van der Waals surface area contributed by atoms with Crippen molar-refractivity contribution in [1.82, 2.24) is 5.32 Å². The van der Waals surface area contributed by atoms with E-state index in [1.165, 1.54) is 25.7 Å². The Morgan fingerprint density at radius 2 is 2.07 bits per heavy atom. The van der Waals surface area contributed by atoms with Crippen LogP contribution in [0.25, 0.3) is 0 Å². The highest BCUT2D eigenvalue weighted by molar-refractivity contribution is 5.70. The molecule has 0 saturated carbocycles. The smallest absolute Gasteiger partial charge is 0.407 e. The summed E-state index contributed by atoms with van der Waals surface area (Å²) in [6, 6.07) is 0.00382. The number of unbranched alkanes of at least 4 members (excludes halogenated alkanes) is 4. The fraction of sp³-hybridized carbons (Fsp3) is 0.909. The van der Waals surface area contributed by atoms with Crippen LogP contribution in [0.3, 0.4) is 0 Å². The van der Waals surface area contributed by atoms with Gasteiger partial charge in [-0.05, 0) is 6.42 Å². The van der Waals surface area contributed by atoms with Crippen LogP contribution in [0.5, 0.6) is 0 Å². The standard InChI is InChI=1S/C11H21NO3/c1-2-3-4-5-6-7-9-10(8-13)15-11(14)12-9/h9-10,13H,2-8H2,1H3,(H,12,14)/t9-,10-/m1/s1. The van der Waals surface area contributed by atoms with E-state index in [2.05, 4.69) is 12.2 Å². The summed E-state index contributed by atoms with van der Waals surface area (Å²) >= 11 is 0. The van der Waals surface area contributed by atoms with Crippen molar-refractivity contribution in [2.24, 2.45) is 0 Å². The van der Waals surface area contributed by atoms with Crippen molar-refractivity contribution < 1.29 is 14.6 Å². The highest BCUT2D eigenvalue weighted by Gasteiger charge is 2.32. The third-order valence-corrected chi connectivity index (χ3v) is 2.81. The topological polar surface area (TPSA) is 58.6 Å². The van der Waals surface area contributed by atoms with Crippen LogP contribution in [-0.2, 0) is 4.74 Å². The summed E-state index contributed by atoms with van der Waals surface area (Å²) in [5, 5.41) is 11.7. The van der Waals surface area contributed by atoms with Crippen molar-refractivity contribution in [3.05, 3.63) is 0 Å². The molecule has 0 spiro atoms. The van der Waals surface area contributed by atoms with E-state index >= 15 is 0 Å². The molecule has 4 nitrogen and oxygen atoms in total. The van der Waals surface area contributed by atoms with E-state index in [9.17, 15) is 4.79 Å². The Labute approximate surface area is 91.0 Å². The van der Waals surface area contributed by atoms with Crippen molar-refractivity contribution in [2.45, 2.75) is 57.6 Å². The van der Waals surface area contributed by atoms with E-state index < -0.39 is 6.09 Å². The molecular weight excluding hydrogens is 194 g/mol. The lowest BCUT2D eigenvalue weighted by molar-refractivity contribution is 0.0812. The first-order chi connectivity index (χ1) is 7.27. The number of carbonyl (C=O) groups is 1. The van der Waals surface area contributed by atoms with Crippen LogP contribution in [0.4, 0.5) is 4.79 Å². The van der Waals surface area contributed by atoms with Gasteiger partial charge in [-0.1, -0.05) is 39.0 Å². The summed E-state index contributed by atoms with van der Waals surface area (Å²) in [6.45, 7) is 2.10. The van der Waals surface area contributed by atoms with Crippen molar-refractivity contribution in [1.29, 1.82) is 0 Å². The van der Waals surface area contributed by atoms with Gasteiger partial charge in [-0.2, -0.15) is 0 Å². The average molecular weight is 215 g/mol. The zero-order valence-corrected chi connectivity index (χ0v) is 9.37. The lowest BCUT2D eigenvalue weighted by Gasteiger charge is -2.13. The molecule has 0 unspecified atom stereocenters. The Balaban J connectivity index is 2.12. The number of hydrogen-bond acceptors (Lipinski definition) is 3. The minimum atomic E-state index is -0.396. The molecule has 2 N–H and O–H groups in total. The van der Waals surface area contributed by atoms with Gasteiger partial charge in [-0.25, -0.2) is 4.79 Å². The second kappa shape index (κ2) is 6.67. The molecule has 1 heterocycles. The van der Waals surface area contributed by atoms with E-state index in [0.717, 1.165) is 12.8 Å². The highest BCUT2D eigenvalue weighted by atomic mass is 16.6. The molecule has 0 radical (unpaired) electrons. The molecular formula is C11H21NO3. The van der Waals surface area contributed by atoms with Gasteiger partial charge in [0.1, 0.15) is 6.10 Å². The molecule has 1 aliphatic heterocycles. The first kappa shape index (κ1) is 12.3. The Hall–Kier alpha value is -0.770. The van der Waals surface area contributed by atoms with E-state index in [-0.39, 0.29) is 18.8 Å². The summed E-state index contributed by atoms with van der Waals surface area (Å²) in [4.78, 5) is 10.9. The number of aliphatic hydroxyl groups is 1. The van der Waals surface area contributed by atoms with Gasteiger partial charge in [0.25, 0.3) is 0 Å². The monoisotopic (exact) mass is 215 g/mol. The summed E-state index contributed by atoms with van der Waals surface area (Å²) in [7, 11) is 0. The quantitative estimate of drug-likeness (QED) is 0.637. The van der Waals surface area contributed by atoms with Gasteiger partial charge in [-0.15, -0.1) is 0 Å². The Kier molecular flexibility index (Phi) is 5.47. The van der Waals surface area contributed by atoms with Gasteiger partial charge >= 0.3 is 6.09 Å². The molecule has 1 aliphatic rings. The van der Waals surface area contributed by atoms with Gasteiger partial charge < -0.3 is 15.2 Å². The maximum atomic E-state index is 10.9. The van der Waals surface area contributed by atoms with Crippen LogP contribution in [0.2, 0.25) is 0 Å². The number of rotatable bonds is 7. The number of carbonyl (C=O) groups excluding carboxylic acids is 1. The zero-order chi connectivity index (χ0) is 11.1. The zero-order valence-electron chi connectivity index (χ0n) is 9.37. The first-order valence-electron chi connectivity index (χ1n) is 5.86. The number of ether oxygens (including phenoxy) is 1. The van der Waals surface area contributed by atoms with Crippen LogP contribution in [0, 0.1) is 0 Å². The molecule has 0 aliphatic carbocycles. The van der Waals surface area contributed by atoms with Crippen LogP contribution in [0.1, 0.15) is 45.4 Å². The second-order valence-corrected chi connectivity index (χ2v) is 4.08. The molecule has 0 aromatic rings. The molecule has 15 heavy (non-hydrogen) atoms. The largest absolute Gasteiger partial charge is 0.442 e. The summed E-state index contributed by atoms with van der Waals surface area (Å²) in [5.41, 5.74) is 0. The summed E-state index contributed by atoms with van der Waals surface area (Å²) in [5.74, 6) is 0. The van der Waals surface area contributed by atoms with Gasteiger partial charge in [0.05, 0.1) is 12.6 Å². The van der Waals surface area contributed by atoms with Gasteiger partial charge in [0.15, 0.2) is 0 Å². The predicted octanol–water partition coefficient (Wildman–Crippen LogP) is 1.82. The number of alkyl carbamates (subject to hydrolysis) is 1. The molecule has 1 amide bonds. The number of aliphatic hydroxyl groups excluding tert-OH is 1. The SMILES string of the molecule is CCCCCCC[C@H]1NC(=O)O[C@@H]1CO. The van der Waals surface area contributed by atoms with Crippen LogP contribution < -0.4 is 5.32 Å². The number of nitrogens with one attached hydrogen (secondary N) is 1. The first-order valence-corrected chi connectivity index (χ1v) is 5.86. The Bertz CT molecular complexity index is 196. The molecule has 4 heteroatoms. The average Bonchev–Trinajstić information content (AvgIpc) is 2.59. The highest BCUT2D eigenvalue weighted by Crippen LogP contribution is 2.15. The van der Waals surface area contributed by atoms with Crippen molar-refractivity contribution in [3.8, 4) is 0 Å². The molecule has 0 bridgehead atoms. The van der Waals surface area contributed by atoms with Crippen LogP contribution in [-0.4, -0.2) is 30.0 Å². The number of amides is 1. The Morgan fingerprint density at radius 1 is 1.33 bits per heavy atom. The molecule has 1 saturated heterocycles. The fourth-order valence-corrected chi connectivity index (χ4v) is 1.89. The number of cyclic esters (lactones) is 1. The van der Waals surface area contributed by atoms with Crippen LogP contribution in [0.15, 0.2) is 0 Å². The van der Waals surface area contributed by atoms with Crippen molar-refractivity contribution in [2.75, 3.05) is 6.61 Å². The molecule has 88 valence electrons.